The summed E-state index contributed by atoms with van der Waals surface area (Å²) in [5, 5.41) is 2.73. The molecule has 2 N–H and O–H groups in total. The zero-order chi connectivity index (χ0) is 18.8. The summed E-state index contributed by atoms with van der Waals surface area (Å²) in [5.41, 5.74) is 5.32. The molecule has 144 valence electrons. The summed E-state index contributed by atoms with van der Waals surface area (Å²) in [6, 6.07) is 17.4. The van der Waals surface area contributed by atoms with Crippen molar-refractivity contribution < 1.29 is 0 Å². The summed E-state index contributed by atoms with van der Waals surface area (Å²) >= 11 is 0. The van der Waals surface area contributed by atoms with Crippen LogP contribution in [0.2, 0.25) is 0 Å². The van der Waals surface area contributed by atoms with Gasteiger partial charge < -0.3 is 14.9 Å². The number of fused-ring (bicyclic) bond motifs is 2. The molecule has 0 bridgehead atoms. The van der Waals surface area contributed by atoms with Gasteiger partial charge in [-0.15, -0.1) is 0 Å². The van der Waals surface area contributed by atoms with E-state index in [4.69, 9.17) is 0 Å². The quantitative estimate of drug-likeness (QED) is 0.477. The van der Waals surface area contributed by atoms with E-state index in [1.165, 1.54) is 58.9 Å². The Kier molecular flexibility index (Phi) is 4.79. The zero-order valence-corrected chi connectivity index (χ0v) is 16.3. The van der Waals surface area contributed by atoms with Gasteiger partial charge in [0.1, 0.15) is 0 Å². The van der Waals surface area contributed by atoms with Gasteiger partial charge in [-0.05, 0) is 55.6 Å². The summed E-state index contributed by atoms with van der Waals surface area (Å²) in [6.07, 6.45) is 7.92. The molecule has 3 heterocycles. The maximum absolute atomic E-state index is 3.39. The lowest BCUT2D eigenvalue weighted by Gasteiger charge is -2.36. The second-order valence-electron chi connectivity index (χ2n) is 7.86. The van der Waals surface area contributed by atoms with Gasteiger partial charge in [0, 0.05) is 66.1 Å². The number of benzene rings is 2. The van der Waals surface area contributed by atoms with Crippen LogP contribution in [0.1, 0.15) is 18.4 Å². The average molecular weight is 373 g/mol. The number of aromatic amines is 2. The lowest BCUT2D eigenvalue weighted by atomic mass is 10.1. The first-order valence-electron chi connectivity index (χ1n) is 10.5. The van der Waals surface area contributed by atoms with Crippen molar-refractivity contribution in [3.8, 4) is 0 Å². The highest BCUT2D eigenvalue weighted by Gasteiger charge is 2.18. The number of hydrogen-bond acceptors (Lipinski definition) is 2. The van der Waals surface area contributed by atoms with Gasteiger partial charge in [-0.25, -0.2) is 0 Å². The van der Waals surface area contributed by atoms with Crippen LogP contribution in [0, 0.1) is 0 Å². The number of nitrogens with one attached hydrogen (secondary N) is 2. The largest absolute Gasteiger partial charge is 0.368 e. The summed E-state index contributed by atoms with van der Waals surface area (Å²) in [5.74, 6) is 0. The first kappa shape index (κ1) is 17.4. The first-order chi connectivity index (χ1) is 13.9. The van der Waals surface area contributed by atoms with Crippen molar-refractivity contribution in [2.75, 3.05) is 37.6 Å². The van der Waals surface area contributed by atoms with E-state index in [9.17, 15) is 0 Å². The molecule has 4 heteroatoms. The highest BCUT2D eigenvalue weighted by atomic mass is 15.3. The zero-order valence-electron chi connectivity index (χ0n) is 16.3. The third kappa shape index (κ3) is 3.40. The number of aromatic nitrogens is 2. The maximum atomic E-state index is 3.39. The van der Waals surface area contributed by atoms with Crippen LogP contribution in [0.3, 0.4) is 0 Å². The summed E-state index contributed by atoms with van der Waals surface area (Å²) < 4.78 is 0. The molecule has 2 aromatic carbocycles. The fourth-order valence-electron chi connectivity index (χ4n) is 4.55. The van der Waals surface area contributed by atoms with Gasteiger partial charge >= 0.3 is 0 Å². The Morgan fingerprint density at radius 1 is 0.750 bits per heavy atom. The predicted octanol–water partition coefficient (Wildman–Crippen LogP) is 4.79. The Morgan fingerprint density at radius 3 is 2.50 bits per heavy atom. The SMILES string of the molecule is c1ccc2c(CCCCN3CCN(c4cccc5[nH]ccc45)CC3)c[nH]c2c1. The smallest absolute Gasteiger partial charge is 0.0474 e. The minimum absolute atomic E-state index is 1.12. The number of rotatable bonds is 6. The topological polar surface area (TPSA) is 38.1 Å². The molecule has 0 aliphatic carbocycles. The van der Waals surface area contributed by atoms with E-state index in [0.717, 1.165) is 26.2 Å². The molecule has 0 saturated carbocycles. The van der Waals surface area contributed by atoms with Crippen molar-refractivity contribution >= 4 is 27.5 Å². The van der Waals surface area contributed by atoms with Crippen molar-refractivity contribution in [2.24, 2.45) is 0 Å². The van der Waals surface area contributed by atoms with Crippen molar-refractivity contribution in [2.45, 2.75) is 19.3 Å². The molecule has 0 atom stereocenters. The average Bonchev–Trinajstić information content (AvgIpc) is 3.39. The molecule has 4 nitrogen and oxygen atoms in total. The van der Waals surface area contributed by atoms with Crippen molar-refractivity contribution in [3.05, 3.63) is 66.5 Å². The van der Waals surface area contributed by atoms with E-state index in [1.54, 1.807) is 0 Å². The van der Waals surface area contributed by atoms with Crippen LogP contribution in [0.4, 0.5) is 5.69 Å². The number of aryl methyl sites for hydroxylation is 1. The highest BCUT2D eigenvalue weighted by Crippen LogP contribution is 2.27. The molecule has 28 heavy (non-hydrogen) atoms. The Hall–Kier alpha value is -2.72. The molecular weight excluding hydrogens is 344 g/mol. The number of piperazine rings is 1. The number of para-hydroxylation sites is 1. The molecule has 0 radical (unpaired) electrons. The van der Waals surface area contributed by atoms with Crippen LogP contribution in [0.15, 0.2) is 60.9 Å². The van der Waals surface area contributed by atoms with Crippen molar-refractivity contribution in [1.82, 2.24) is 14.9 Å². The van der Waals surface area contributed by atoms with Crippen molar-refractivity contribution in [1.29, 1.82) is 0 Å². The van der Waals surface area contributed by atoms with Gasteiger partial charge in [0.25, 0.3) is 0 Å². The van der Waals surface area contributed by atoms with Crippen LogP contribution in [0.25, 0.3) is 21.8 Å². The molecule has 0 spiro atoms. The molecule has 0 amide bonds. The molecule has 1 fully saturated rings. The van der Waals surface area contributed by atoms with E-state index in [-0.39, 0.29) is 0 Å². The second kappa shape index (κ2) is 7.72. The fourth-order valence-corrected chi connectivity index (χ4v) is 4.55. The van der Waals surface area contributed by atoms with Gasteiger partial charge in [-0.1, -0.05) is 24.3 Å². The van der Waals surface area contributed by atoms with E-state index in [1.807, 2.05) is 6.20 Å². The van der Waals surface area contributed by atoms with Crippen LogP contribution < -0.4 is 4.90 Å². The molecule has 1 aliphatic rings. The number of hydrogen-bond donors (Lipinski definition) is 2. The second-order valence-corrected chi connectivity index (χ2v) is 7.86. The van der Waals surface area contributed by atoms with E-state index in [2.05, 4.69) is 74.5 Å². The van der Waals surface area contributed by atoms with Gasteiger partial charge in [0.15, 0.2) is 0 Å². The molecular formula is C24H28N4. The maximum Gasteiger partial charge on any atom is 0.0474 e. The molecule has 4 aromatic rings. The first-order valence-corrected chi connectivity index (χ1v) is 10.5. The van der Waals surface area contributed by atoms with E-state index in [0.29, 0.717) is 0 Å². The lowest BCUT2D eigenvalue weighted by molar-refractivity contribution is 0.253. The van der Waals surface area contributed by atoms with Crippen LogP contribution in [-0.2, 0) is 6.42 Å². The van der Waals surface area contributed by atoms with E-state index >= 15 is 0 Å². The molecule has 1 aliphatic heterocycles. The van der Waals surface area contributed by atoms with Crippen LogP contribution in [-0.4, -0.2) is 47.6 Å². The predicted molar refractivity (Wildman–Crippen MR) is 118 cm³/mol. The Bertz CT molecular complexity index is 1050. The standard InChI is InChI=1S/C24H28N4/c1-2-8-22-20(7-1)19(18-26-22)6-3-4-13-27-14-16-28(17-15-27)24-10-5-9-23-21(24)11-12-25-23/h1-2,5,7-12,18,25-26H,3-4,6,13-17H2. The minimum Gasteiger partial charge on any atom is -0.368 e. The molecule has 2 aromatic heterocycles. The van der Waals surface area contributed by atoms with Gasteiger partial charge in [-0.2, -0.15) is 0 Å². The van der Waals surface area contributed by atoms with Gasteiger partial charge in [0.05, 0.1) is 0 Å². The molecule has 5 rings (SSSR count). The Balaban J connectivity index is 1.10. The van der Waals surface area contributed by atoms with E-state index < -0.39 is 0 Å². The third-order valence-corrected chi connectivity index (χ3v) is 6.13. The Labute approximate surface area is 166 Å². The normalized spacial score (nSPS) is 15.6. The number of unbranched alkanes of at least 4 members (excludes halogenated alkanes) is 1. The van der Waals surface area contributed by atoms with Crippen LogP contribution >= 0.6 is 0 Å². The minimum atomic E-state index is 1.12. The van der Waals surface area contributed by atoms with Crippen molar-refractivity contribution in [3.63, 3.8) is 0 Å². The number of anilines is 1. The summed E-state index contributed by atoms with van der Waals surface area (Å²) in [7, 11) is 0. The summed E-state index contributed by atoms with van der Waals surface area (Å²) in [6.45, 7) is 5.77. The third-order valence-electron chi connectivity index (χ3n) is 6.13. The lowest BCUT2D eigenvalue weighted by Crippen LogP contribution is -2.46. The van der Waals surface area contributed by atoms with Gasteiger partial charge in [0.2, 0.25) is 0 Å². The molecule has 0 unspecified atom stereocenters. The highest BCUT2D eigenvalue weighted by molar-refractivity contribution is 5.92. The molecule has 1 saturated heterocycles. The number of nitrogens with zero attached hydrogens (tertiary/aromatic N) is 2. The monoisotopic (exact) mass is 372 g/mol. The summed E-state index contributed by atoms with van der Waals surface area (Å²) in [4.78, 5) is 11.9. The fraction of sp³-hybridized carbons (Fsp3) is 0.333. The number of H-pyrrole nitrogens is 2. The van der Waals surface area contributed by atoms with Crippen LogP contribution in [0.5, 0.6) is 0 Å². The Morgan fingerprint density at radius 2 is 1.57 bits per heavy atom. The van der Waals surface area contributed by atoms with Gasteiger partial charge in [-0.3, -0.25) is 4.90 Å².